The number of aryl methyl sites for hydroxylation is 1. The van der Waals surface area contributed by atoms with Gasteiger partial charge in [0.2, 0.25) is 0 Å². The first-order valence-corrected chi connectivity index (χ1v) is 5.74. The van der Waals surface area contributed by atoms with Gasteiger partial charge in [0.15, 0.2) is 0 Å². The molecule has 0 spiro atoms. The zero-order valence-electron chi connectivity index (χ0n) is 8.91. The van der Waals surface area contributed by atoms with Gasteiger partial charge in [-0.2, -0.15) is 0 Å². The number of halogens is 1. The van der Waals surface area contributed by atoms with Gasteiger partial charge in [-0.15, -0.1) is 0 Å². The second kappa shape index (κ2) is 4.58. The second-order valence-corrected chi connectivity index (χ2v) is 4.41. The van der Waals surface area contributed by atoms with E-state index >= 15 is 0 Å². The molecular formula is C13H12BrNO. The molecule has 2 aromatic rings. The summed E-state index contributed by atoms with van der Waals surface area (Å²) in [5.74, 6) is 1.59. The molecule has 0 amide bonds. The smallest absolute Gasteiger partial charge is 0.142 e. The molecule has 0 unspecified atom stereocenters. The molecule has 0 heterocycles. The van der Waals surface area contributed by atoms with E-state index in [4.69, 9.17) is 10.5 Å². The predicted molar refractivity (Wildman–Crippen MR) is 69.8 cm³/mol. The van der Waals surface area contributed by atoms with Crippen LogP contribution in [0.3, 0.4) is 0 Å². The molecule has 0 aliphatic carbocycles. The largest absolute Gasteiger partial charge is 0.456 e. The number of anilines is 1. The van der Waals surface area contributed by atoms with Gasteiger partial charge in [-0.1, -0.05) is 18.2 Å². The van der Waals surface area contributed by atoms with Crippen molar-refractivity contribution in [3.05, 3.63) is 52.5 Å². The lowest BCUT2D eigenvalue weighted by Gasteiger charge is -2.10. The highest BCUT2D eigenvalue weighted by molar-refractivity contribution is 9.10. The van der Waals surface area contributed by atoms with E-state index in [9.17, 15) is 0 Å². The maximum atomic E-state index is 5.80. The summed E-state index contributed by atoms with van der Waals surface area (Å²) >= 11 is 3.43. The monoisotopic (exact) mass is 277 g/mol. The highest BCUT2D eigenvalue weighted by Gasteiger charge is 2.05. The first kappa shape index (κ1) is 11.0. The lowest BCUT2D eigenvalue weighted by Crippen LogP contribution is -1.92. The van der Waals surface area contributed by atoms with Crippen molar-refractivity contribution < 1.29 is 4.74 Å². The molecule has 0 radical (unpaired) electrons. The minimum absolute atomic E-state index is 0.757. The lowest BCUT2D eigenvalue weighted by molar-refractivity contribution is 0.479. The summed E-state index contributed by atoms with van der Waals surface area (Å²) in [7, 11) is 0. The lowest BCUT2D eigenvalue weighted by atomic mass is 10.2. The molecule has 0 bridgehead atoms. The molecule has 0 aliphatic rings. The standard InChI is InChI=1S/C13H12BrNO/c1-9-7-13(11(14)8-12(9)15)16-10-5-3-2-4-6-10/h2-8H,15H2,1H3. The first-order chi connectivity index (χ1) is 7.66. The third-order valence-corrected chi connectivity index (χ3v) is 2.91. The van der Waals surface area contributed by atoms with Gasteiger partial charge in [0, 0.05) is 5.69 Å². The van der Waals surface area contributed by atoms with Crippen LogP contribution in [0.2, 0.25) is 0 Å². The normalized spacial score (nSPS) is 10.1. The topological polar surface area (TPSA) is 35.2 Å². The van der Waals surface area contributed by atoms with Crippen molar-refractivity contribution in [2.45, 2.75) is 6.92 Å². The van der Waals surface area contributed by atoms with E-state index in [1.54, 1.807) is 0 Å². The van der Waals surface area contributed by atoms with E-state index in [-0.39, 0.29) is 0 Å². The first-order valence-electron chi connectivity index (χ1n) is 4.95. The van der Waals surface area contributed by atoms with Gasteiger partial charge < -0.3 is 10.5 Å². The van der Waals surface area contributed by atoms with Crippen LogP contribution in [0.4, 0.5) is 5.69 Å². The Morgan fingerprint density at radius 3 is 2.50 bits per heavy atom. The molecule has 2 N–H and O–H groups in total. The molecule has 2 rings (SSSR count). The van der Waals surface area contributed by atoms with Gasteiger partial charge >= 0.3 is 0 Å². The number of benzene rings is 2. The van der Waals surface area contributed by atoms with E-state index in [2.05, 4.69) is 15.9 Å². The molecule has 0 saturated carbocycles. The molecule has 2 aromatic carbocycles. The SMILES string of the molecule is Cc1cc(Oc2ccccc2)c(Br)cc1N. The number of para-hydroxylation sites is 1. The molecule has 0 saturated heterocycles. The fraction of sp³-hybridized carbons (Fsp3) is 0.0769. The summed E-state index contributed by atoms with van der Waals surface area (Å²) in [6.45, 7) is 1.96. The van der Waals surface area contributed by atoms with Crippen molar-refractivity contribution in [2.75, 3.05) is 5.73 Å². The van der Waals surface area contributed by atoms with E-state index in [1.807, 2.05) is 49.4 Å². The van der Waals surface area contributed by atoms with Gasteiger partial charge in [0.05, 0.1) is 4.47 Å². The number of nitrogen functional groups attached to an aromatic ring is 1. The van der Waals surface area contributed by atoms with Crippen molar-refractivity contribution in [3.63, 3.8) is 0 Å². The number of rotatable bonds is 2. The molecule has 0 aliphatic heterocycles. The number of nitrogens with two attached hydrogens (primary N) is 1. The summed E-state index contributed by atoms with van der Waals surface area (Å²) in [5, 5.41) is 0. The van der Waals surface area contributed by atoms with E-state index < -0.39 is 0 Å². The van der Waals surface area contributed by atoms with Crippen molar-refractivity contribution >= 4 is 21.6 Å². The van der Waals surface area contributed by atoms with Crippen molar-refractivity contribution in [1.29, 1.82) is 0 Å². The Balaban J connectivity index is 2.32. The Kier molecular flexibility index (Phi) is 3.15. The molecule has 0 fully saturated rings. The van der Waals surface area contributed by atoms with Crippen LogP contribution < -0.4 is 10.5 Å². The minimum Gasteiger partial charge on any atom is -0.456 e. The maximum Gasteiger partial charge on any atom is 0.142 e. The van der Waals surface area contributed by atoms with Crippen molar-refractivity contribution in [3.8, 4) is 11.5 Å². The quantitative estimate of drug-likeness (QED) is 0.838. The summed E-state index contributed by atoms with van der Waals surface area (Å²) < 4.78 is 6.60. The zero-order chi connectivity index (χ0) is 11.5. The Labute approximate surface area is 103 Å². The summed E-state index contributed by atoms with van der Waals surface area (Å²) in [4.78, 5) is 0. The van der Waals surface area contributed by atoms with Crippen LogP contribution in [-0.4, -0.2) is 0 Å². The van der Waals surface area contributed by atoms with E-state index in [0.717, 1.165) is 27.2 Å². The molecule has 16 heavy (non-hydrogen) atoms. The third kappa shape index (κ3) is 2.36. The van der Waals surface area contributed by atoms with Gasteiger partial charge in [-0.3, -0.25) is 0 Å². The average Bonchev–Trinajstić information content (AvgIpc) is 2.27. The summed E-state index contributed by atoms with van der Waals surface area (Å²) in [6.07, 6.45) is 0. The summed E-state index contributed by atoms with van der Waals surface area (Å²) in [6, 6.07) is 13.4. The van der Waals surface area contributed by atoms with Crippen molar-refractivity contribution in [2.24, 2.45) is 0 Å². The van der Waals surface area contributed by atoms with Crippen molar-refractivity contribution in [1.82, 2.24) is 0 Å². The summed E-state index contributed by atoms with van der Waals surface area (Å²) in [5.41, 5.74) is 7.56. The zero-order valence-corrected chi connectivity index (χ0v) is 10.5. The Morgan fingerprint density at radius 2 is 1.81 bits per heavy atom. The van der Waals surface area contributed by atoms with Crippen LogP contribution in [0, 0.1) is 6.92 Å². The minimum atomic E-state index is 0.757. The molecule has 3 heteroatoms. The van der Waals surface area contributed by atoms with Crippen LogP contribution >= 0.6 is 15.9 Å². The number of ether oxygens (including phenoxy) is 1. The Morgan fingerprint density at radius 1 is 1.12 bits per heavy atom. The highest BCUT2D eigenvalue weighted by Crippen LogP contribution is 2.33. The molecule has 2 nitrogen and oxygen atoms in total. The average molecular weight is 278 g/mol. The maximum absolute atomic E-state index is 5.80. The Hall–Kier alpha value is -1.48. The van der Waals surface area contributed by atoms with Gasteiger partial charge in [-0.05, 0) is 52.7 Å². The highest BCUT2D eigenvalue weighted by atomic mass is 79.9. The Bertz CT molecular complexity index is 497. The molecule has 0 aromatic heterocycles. The number of hydrogen-bond acceptors (Lipinski definition) is 2. The van der Waals surface area contributed by atoms with Crippen LogP contribution in [0.15, 0.2) is 46.9 Å². The van der Waals surface area contributed by atoms with E-state index in [1.165, 1.54) is 0 Å². The number of hydrogen-bond donors (Lipinski definition) is 1. The predicted octanol–water partition coefficient (Wildman–Crippen LogP) is 4.13. The van der Waals surface area contributed by atoms with Crippen LogP contribution in [0.25, 0.3) is 0 Å². The van der Waals surface area contributed by atoms with Crippen LogP contribution in [-0.2, 0) is 0 Å². The fourth-order valence-corrected chi connectivity index (χ4v) is 1.81. The van der Waals surface area contributed by atoms with Gasteiger partial charge in [0.25, 0.3) is 0 Å². The third-order valence-electron chi connectivity index (χ3n) is 2.29. The molecule has 0 atom stereocenters. The molecular weight excluding hydrogens is 266 g/mol. The van der Waals surface area contributed by atoms with Crippen LogP contribution in [0.5, 0.6) is 11.5 Å². The van der Waals surface area contributed by atoms with Gasteiger partial charge in [-0.25, -0.2) is 0 Å². The van der Waals surface area contributed by atoms with Crippen LogP contribution in [0.1, 0.15) is 5.56 Å². The molecule has 82 valence electrons. The fourth-order valence-electron chi connectivity index (χ4n) is 1.36. The van der Waals surface area contributed by atoms with Gasteiger partial charge in [0.1, 0.15) is 11.5 Å². The second-order valence-electron chi connectivity index (χ2n) is 3.55. The van der Waals surface area contributed by atoms with E-state index in [0.29, 0.717) is 0 Å².